The first-order valence-corrected chi connectivity index (χ1v) is 10.5. The summed E-state index contributed by atoms with van der Waals surface area (Å²) in [5, 5.41) is 9.80. The number of primary amides is 1. The first-order valence-electron chi connectivity index (χ1n) is 10.1. The second kappa shape index (κ2) is 9.55. The van der Waals surface area contributed by atoms with E-state index in [-0.39, 0.29) is 28.0 Å². The number of aromatic nitrogens is 3. The molecule has 2 heterocycles. The number of carbonyl (C=O) groups excluding carboxylic acids is 3. The van der Waals surface area contributed by atoms with Crippen molar-refractivity contribution in [1.29, 1.82) is 0 Å². The molecular weight excluding hydrogens is 456 g/mol. The summed E-state index contributed by atoms with van der Waals surface area (Å²) in [6.45, 7) is 1.39. The van der Waals surface area contributed by atoms with Crippen molar-refractivity contribution in [1.82, 2.24) is 14.8 Å². The van der Waals surface area contributed by atoms with Crippen LogP contribution < -0.4 is 16.4 Å². The highest BCUT2D eigenvalue weighted by Crippen LogP contribution is 2.26. The Bertz CT molecular complexity index is 1400. The summed E-state index contributed by atoms with van der Waals surface area (Å²) in [5.74, 6) is -0.853. The first kappa shape index (κ1) is 22.7. The van der Waals surface area contributed by atoms with E-state index in [4.69, 9.17) is 17.3 Å². The number of rotatable bonds is 6. The molecule has 0 aliphatic carbocycles. The van der Waals surface area contributed by atoms with Gasteiger partial charge in [-0.15, -0.1) is 0 Å². The van der Waals surface area contributed by atoms with E-state index in [1.807, 2.05) is 6.07 Å². The van der Waals surface area contributed by atoms with Gasteiger partial charge in [-0.1, -0.05) is 41.9 Å². The summed E-state index contributed by atoms with van der Waals surface area (Å²) >= 11 is 6.32. The zero-order valence-corrected chi connectivity index (χ0v) is 18.7. The van der Waals surface area contributed by atoms with E-state index in [9.17, 15) is 14.4 Å². The molecule has 4 N–H and O–H groups in total. The van der Waals surface area contributed by atoms with Gasteiger partial charge >= 0.3 is 0 Å². The Morgan fingerprint density at radius 1 is 0.941 bits per heavy atom. The number of para-hydroxylation sites is 1. The van der Waals surface area contributed by atoms with Gasteiger partial charge in [0.1, 0.15) is 11.6 Å². The van der Waals surface area contributed by atoms with Crippen LogP contribution in [-0.4, -0.2) is 32.5 Å². The molecule has 0 aliphatic rings. The Balaban J connectivity index is 1.67. The standard InChI is InChI=1S/C24H19ClN6O3/c1-14(32)27-21-9-5-8-19(28-21)15-10-11-18(25)17(12-15)24(34)29-22-13-20(23(26)33)30-31(22)16-6-3-2-4-7-16/h2-13H,1H3,(H2,26,33)(H,29,34)(H,27,28,32). The molecule has 34 heavy (non-hydrogen) atoms. The molecule has 0 radical (unpaired) electrons. The summed E-state index contributed by atoms with van der Waals surface area (Å²) in [4.78, 5) is 40.6. The fraction of sp³-hybridized carbons (Fsp3) is 0.0417. The zero-order chi connectivity index (χ0) is 24.2. The highest BCUT2D eigenvalue weighted by Gasteiger charge is 2.18. The number of anilines is 2. The summed E-state index contributed by atoms with van der Waals surface area (Å²) in [7, 11) is 0. The van der Waals surface area contributed by atoms with Crippen molar-refractivity contribution < 1.29 is 14.4 Å². The summed E-state index contributed by atoms with van der Waals surface area (Å²) in [6.07, 6.45) is 0. The van der Waals surface area contributed by atoms with Gasteiger partial charge in [0.15, 0.2) is 5.69 Å². The van der Waals surface area contributed by atoms with Crippen LogP contribution in [0.2, 0.25) is 5.02 Å². The number of amides is 3. The quantitative estimate of drug-likeness (QED) is 0.390. The topological polar surface area (TPSA) is 132 Å². The molecule has 10 heteroatoms. The number of nitrogens with two attached hydrogens (primary N) is 1. The molecule has 0 fully saturated rings. The van der Waals surface area contributed by atoms with Crippen LogP contribution in [-0.2, 0) is 4.79 Å². The Morgan fingerprint density at radius 3 is 2.41 bits per heavy atom. The Hall–Kier alpha value is -4.50. The molecule has 0 unspecified atom stereocenters. The van der Waals surface area contributed by atoms with Crippen LogP contribution in [0.5, 0.6) is 0 Å². The van der Waals surface area contributed by atoms with Gasteiger partial charge in [0.25, 0.3) is 11.8 Å². The highest BCUT2D eigenvalue weighted by molar-refractivity contribution is 6.34. The number of nitrogens with zero attached hydrogens (tertiary/aromatic N) is 3. The third-order valence-corrected chi connectivity index (χ3v) is 5.09. The monoisotopic (exact) mass is 474 g/mol. The number of hydrogen-bond acceptors (Lipinski definition) is 5. The SMILES string of the molecule is CC(=O)Nc1cccc(-c2ccc(Cl)c(C(=O)Nc3cc(C(N)=O)nn3-c3ccccc3)c2)n1. The fourth-order valence-electron chi connectivity index (χ4n) is 3.24. The molecule has 4 rings (SSSR count). The molecule has 0 spiro atoms. The molecular formula is C24H19ClN6O3. The van der Waals surface area contributed by atoms with Crippen LogP contribution in [0.1, 0.15) is 27.8 Å². The van der Waals surface area contributed by atoms with Crippen molar-refractivity contribution in [2.45, 2.75) is 6.92 Å². The van der Waals surface area contributed by atoms with Crippen LogP contribution >= 0.6 is 11.6 Å². The van der Waals surface area contributed by atoms with E-state index in [0.717, 1.165) is 0 Å². The van der Waals surface area contributed by atoms with Crippen molar-refractivity contribution in [3.8, 4) is 16.9 Å². The molecule has 0 aliphatic heterocycles. The zero-order valence-electron chi connectivity index (χ0n) is 17.9. The van der Waals surface area contributed by atoms with Gasteiger partial charge in [0.2, 0.25) is 5.91 Å². The number of carbonyl (C=O) groups is 3. The summed E-state index contributed by atoms with van der Waals surface area (Å²) in [6, 6.07) is 20.4. The van der Waals surface area contributed by atoms with Crippen LogP contribution in [0.15, 0.2) is 72.8 Å². The van der Waals surface area contributed by atoms with Gasteiger partial charge in [-0.05, 0) is 36.4 Å². The Labute approximate surface area is 199 Å². The number of pyridine rings is 1. The largest absolute Gasteiger partial charge is 0.364 e. The molecule has 3 amide bonds. The van der Waals surface area contributed by atoms with Gasteiger partial charge in [-0.25, -0.2) is 9.67 Å². The molecule has 4 aromatic rings. The maximum absolute atomic E-state index is 13.2. The lowest BCUT2D eigenvalue weighted by atomic mass is 10.1. The predicted molar refractivity (Wildman–Crippen MR) is 129 cm³/mol. The number of nitrogens with one attached hydrogen (secondary N) is 2. The Morgan fingerprint density at radius 2 is 1.71 bits per heavy atom. The van der Waals surface area contributed by atoms with Gasteiger partial charge < -0.3 is 16.4 Å². The molecule has 0 saturated heterocycles. The lowest BCUT2D eigenvalue weighted by Gasteiger charge is -2.11. The highest BCUT2D eigenvalue weighted by atomic mass is 35.5. The van der Waals surface area contributed by atoms with E-state index in [0.29, 0.717) is 22.8 Å². The van der Waals surface area contributed by atoms with E-state index < -0.39 is 11.8 Å². The summed E-state index contributed by atoms with van der Waals surface area (Å²) < 4.78 is 1.41. The lowest BCUT2D eigenvalue weighted by molar-refractivity contribution is -0.114. The minimum atomic E-state index is -0.727. The average Bonchev–Trinajstić information content (AvgIpc) is 3.24. The van der Waals surface area contributed by atoms with E-state index in [1.165, 1.54) is 17.7 Å². The van der Waals surface area contributed by atoms with Crippen LogP contribution in [0, 0.1) is 0 Å². The number of halogens is 1. The van der Waals surface area contributed by atoms with Gasteiger partial charge in [0, 0.05) is 18.6 Å². The molecule has 0 bridgehead atoms. The van der Waals surface area contributed by atoms with Crippen LogP contribution in [0.25, 0.3) is 16.9 Å². The summed E-state index contributed by atoms with van der Waals surface area (Å²) in [5.41, 5.74) is 7.36. The minimum Gasteiger partial charge on any atom is -0.364 e. The maximum atomic E-state index is 13.2. The molecule has 9 nitrogen and oxygen atoms in total. The molecule has 2 aromatic carbocycles. The fourth-order valence-corrected chi connectivity index (χ4v) is 3.45. The van der Waals surface area contributed by atoms with Crippen molar-refractivity contribution in [3.05, 3.63) is 89.1 Å². The van der Waals surface area contributed by atoms with Crippen molar-refractivity contribution in [2.75, 3.05) is 10.6 Å². The predicted octanol–water partition coefficient (Wildman–Crippen LogP) is 3.90. The van der Waals surface area contributed by atoms with Gasteiger partial charge in [-0.3, -0.25) is 14.4 Å². The second-order valence-electron chi connectivity index (χ2n) is 7.26. The number of benzene rings is 2. The van der Waals surface area contributed by atoms with Crippen molar-refractivity contribution >= 4 is 41.0 Å². The van der Waals surface area contributed by atoms with Crippen molar-refractivity contribution in [2.24, 2.45) is 5.73 Å². The molecule has 0 atom stereocenters. The van der Waals surface area contributed by atoms with E-state index in [2.05, 4.69) is 20.7 Å². The molecule has 0 saturated carbocycles. The minimum absolute atomic E-state index is 0.00186. The van der Waals surface area contributed by atoms with Gasteiger partial charge in [-0.2, -0.15) is 5.10 Å². The number of hydrogen-bond donors (Lipinski definition) is 3. The van der Waals surface area contributed by atoms with E-state index in [1.54, 1.807) is 60.7 Å². The smallest absolute Gasteiger partial charge is 0.269 e. The van der Waals surface area contributed by atoms with E-state index >= 15 is 0 Å². The van der Waals surface area contributed by atoms with Crippen LogP contribution in [0.4, 0.5) is 11.6 Å². The molecule has 170 valence electrons. The van der Waals surface area contributed by atoms with Gasteiger partial charge in [0.05, 0.1) is 22.0 Å². The third-order valence-electron chi connectivity index (χ3n) is 4.76. The maximum Gasteiger partial charge on any atom is 0.269 e. The molecule has 2 aromatic heterocycles. The van der Waals surface area contributed by atoms with Crippen LogP contribution in [0.3, 0.4) is 0 Å². The second-order valence-corrected chi connectivity index (χ2v) is 7.67. The van der Waals surface area contributed by atoms with Crippen molar-refractivity contribution in [3.63, 3.8) is 0 Å². The lowest BCUT2D eigenvalue weighted by Crippen LogP contribution is -2.16. The first-order chi connectivity index (χ1) is 16.3. The third kappa shape index (κ3) is 4.94. The Kier molecular flexibility index (Phi) is 6.37. The normalized spacial score (nSPS) is 10.5. The average molecular weight is 475 g/mol.